The van der Waals surface area contributed by atoms with Crippen LogP contribution in [0.2, 0.25) is 0 Å². The Morgan fingerprint density at radius 2 is 2.41 bits per heavy atom. The second-order valence-electron chi connectivity index (χ2n) is 4.45. The molecule has 94 valence electrons. The number of nitrogens with zero attached hydrogens (tertiary/aromatic N) is 3. The number of fused-ring (bicyclic) bond motifs is 1. The third-order valence-electron chi connectivity index (χ3n) is 3.21. The van der Waals surface area contributed by atoms with E-state index in [9.17, 15) is 0 Å². The summed E-state index contributed by atoms with van der Waals surface area (Å²) >= 11 is 0. The molecule has 17 heavy (non-hydrogen) atoms. The maximum absolute atomic E-state index is 8.99. The minimum absolute atomic E-state index is 0.124. The number of hydrogen-bond donors (Lipinski definition) is 2. The molecule has 2 rings (SSSR count). The van der Waals surface area contributed by atoms with E-state index in [1.165, 1.54) is 5.56 Å². The lowest BCUT2D eigenvalue weighted by Crippen LogP contribution is -2.31. The molecule has 0 radical (unpaired) electrons. The molecule has 0 spiro atoms. The van der Waals surface area contributed by atoms with Crippen molar-refractivity contribution < 1.29 is 5.11 Å². The molecule has 1 aromatic heterocycles. The first-order chi connectivity index (χ1) is 8.24. The van der Waals surface area contributed by atoms with Gasteiger partial charge in [0.1, 0.15) is 0 Å². The molecule has 1 aliphatic carbocycles. The standard InChI is InChI=1S/C12H20N4O/c1-2-16(5-6-17)12-14-8-9-7-10(13)3-4-11(9)15-12/h8,10,17H,2-7,13H2,1H3. The minimum Gasteiger partial charge on any atom is -0.395 e. The maximum atomic E-state index is 8.99. The highest BCUT2D eigenvalue weighted by Gasteiger charge is 2.18. The Balaban J connectivity index is 2.20. The van der Waals surface area contributed by atoms with E-state index < -0.39 is 0 Å². The first-order valence-electron chi connectivity index (χ1n) is 6.20. The average Bonchev–Trinajstić information content (AvgIpc) is 2.35. The predicted molar refractivity (Wildman–Crippen MR) is 67.0 cm³/mol. The smallest absolute Gasteiger partial charge is 0.225 e. The zero-order chi connectivity index (χ0) is 12.3. The number of aliphatic hydroxyl groups excluding tert-OH is 1. The van der Waals surface area contributed by atoms with E-state index >= 15 is 0 Å². The lowest BCUT2D eigenvalue weighted by Gasteiger charge is -2.24. The quantitative estimate of drug-likeness (QED) is 0.776. The fourth-order valence-electron chi connectivity index (χ4n) is 2.20. The third kappa shape index (κ3) is 2.73. The molecule has 0 amide bonds. The third-order valence-corrected chi connectivity index (χ3v) is 3.21. The molecule has 1 unspecified atom stereocenters. The van der Waals surface area contributed by atoms with Gasteiger partial charge in [0, 0.05) is 31.0 Å². The Bertz CT molecular complexity index is 383. The topological polar surface area (TPSA) is 75.3 Å². The zero-order valence-corrected chi connectivity index (χ0v) is 10.3. The second-order valence-corrected chi connectivity index (χ2v) is 4.45. The van der Waals surface area contributed by atoms with E-state index in [2.05, 4.69) is 9.97 Å². The van der Waals surface area contributed by atoms with Crippen LogP contribution in [0.4, 0.5) is 5.95 Å². The average molecular weight is 236 g/mol. The molecular formula is C12H20N4O. The Morgan fingerprint density at radius 1 is 1.59 bits per heavy atom. The van der Waals surface area contributed by atoms with Crippen LogP contribution in [0.3, 0.4) is 0 Å². The number of nitrogens with two attached hydrogens (primary N) is 1. The first kappa shape index (κ1) is 12.3. The van der Waals surface area contributed by atoms with E-state index in [1.54, 1.807) is 0 Å². The van der Waals surface area contributed by atoms with Gasteiger partial charge in [-0.2, -0.15) is 0 Å². The van der Waals surface area contributed by atoms with Crippen LogP contribution in [0.5, 0.6) is 0 Å². The molecule has 3 N–H and O–H groups in total. The molecule has 1 atom stereocenters. The van der Waals surface area contributed by atoms with E-state index in [-0.39, 0.29) is 12.6 Å². The van der Waals surface area contributed by atoms with Crippen LogP contribution in [0.15, 0.2) is 6.20 Å². The number of aliphatic hydroxyl groups is 1. The van der Waals surface area contributed by atoms with Gasteiger partial charge in [0.2, 0.25) is 5.95 Å². The number of hydrogen-bond acceptors (Lipinski definition) is 5. The van der Waals surface area contributed by atoms with E-state index in [0.29, 0.717) is 6.54 Å². The lowest BCUT2D eigenvalue weighted by molar-refractivity contribution is 0.301. The zero-order valence-electron chi connectivity index (χ0n) is 10.3. The highest BCUT2D eigenvalue weighted by molar-refractivity contribution is 5.34. The predicted octanol–water partition coefficient (Wildman–Crippen LogP) is 0.111. The van der Waals surface area contributed by atoms with Crippen LogP contribution in [0, 0.1) is 0 Å². The van der Waals surface area contributed by atoms with Crippen LogP contribution in [0.1, 0.15) is 24.6 Å². The van der Waals surface area contributed by atoms with Gasteiger partial charge >= 0.3 is 0 Å². The normalized spacial score (nSPS) is 18.9. The number of aryl methyl sites for hydroxylation is 1. The van der Waals surface area contributed by atoms with Crippen molar-refractivity contribution in [3.63, 3.8) is 0 Å². The van der Waals surface area contributed by atoms with E-state index in [4.69, 9.17) is 10.8 Å². The van der Waals surface area contributed by atoms with Crippen molar-refractivity contribution in [1.82, 2.24) is 9.97 Å². The van der Waals surface area contributed by atoms with Gasteiger partial charge in [-0.1, -0.05) is 0 Å². The van der Waals surface area contributed by atoms with E-state index in [0.717, 1.165) is 37.4 Å². The largest absolute Gasteiger partial charge is 0.395 e. The van der Waals surface area contributed by atoms with Crippen LogP contribution in [-0.4, -0.2) is 40.8 Å². The summed E-state index contributed by atoms with van der Waals surface area (Å²) in [7, 11) is 0. The van der Waals surface area contributed by atoms with Crippen molar-refractivity contribution in [2.24, 2.45) is 5.73 Å². The van der Waals surface area contributed by atoms with Crippen molar-refractivity contribution in [3.8, 4) is 0 Å². The van der Waals surface area contributed by atoms with Crippen molar-refractivity contribution in [3.05, 3.63) is 17.5 Å². The van der Waals surface area contributed by atoms with Crippen molar-refractivity contribution >= 4 is 5.95 Å². The van der Waals surface area contributed by atoms with Crippen molar-refractivity contribution in [1.29, 1.82) is 0 Å². The second kappa shape index (κ2) is 5.42. The van der Waals surface area contributed by atoms with Gasteiger partial charge in [-0.15, -0.1) is 0 Å². The number of rotatable bonds is 4. The lowest BCUT2D eigenvalue weighted by atomic mass is 9.94. The molecule has 1 aliphatic rings. The maximum Gasteiger partial charge on any atom is 0.225 e. The molecule has 0 fully saturated rings. The summed E-state index contributed by atoms with van der Waals surface area (Å²) in [4.78, 5) is 10.9. The summed E-state index contributed by atoms with van der Waals surface area (Å²) in [6.07, 6.45) is 4.69. The molecule has 0 aromatic carbocycles. The van der Waals surface area contributed by atoms with Crippen LogP contribution < -0.4 is 10.6 Å². The molecule has 5 nitrogen and oxygen atoms in total. The summed E-state index contributed by atoms with van der Waals surface area (Å²) < 4.78 is 0. The molecule has 1 heterocycles. The summed E-state index contributed by atoms with van der Waals surface area (Å²) in [5.41, 5.74) is 8.21. The van der Waals surface area contributed by atoms with Crippen molar-refractivity contribution in [2.75, 3.05) is 24.6 Å². The molecule has 0 aliphatic heterocycles. The fraction of sp³-hybridized carbons (Fsp3) is 0.667. The summed E-state index contributed by atoms with van der Waals surface area (Å²) in [5.74, 6) is 0.718. The van der Waals surface area contributed by atoms with Gasteiger partial charge in [-0.05, 0) is 31.7 Å². The number of anilines is 1. The monoisotopic (exact) mass is 236 g/mol. The van der Waals surface area contributed by atoms with Gasteiger partial charge in [0.15, 0.2) is 0 Å². The molecule has 0 saturated carbocycles. The highest BCUT2D eigenvalue weighted by Crippen LogP contribution is 2.20. The summed E-state index contributed by atoms with van der Waals surface area (Å²) in [6, 6.07) is 0.247. The number of aromatic nitrogens is 2. The van der Waals surface area contributed by atoms with Gasteiger partial charge in [-0.25, -0.2) is 9.97 Å². The molecular weight excluding hydrogens is 216 g/mol. The van der Waals surface area contributed by atoms with E-state index in [1.807, 2.05) is 18.0 Å². The summed E-state index contributed by atoms with van der Waals surface area (Å²) in [5, 5.41) is 8.99. The van der Waals surface area contributed by atoms with Gasteiger partial charge in [0.25, 0.3) is 0 Å². The molecule has 0 bridgehead atoms. The van der Waals surface area contributed by atoms with Crippen LogP contribution >= 0.6 is 0 Å². The van der Waals surface area contributed by atoms with Crippen molar-refractivity contribution in [2.45, 2.75) is 32.2 Å². The Labute approximate surface area is 102 Å². The molecule has 5 heteroatoms. The van der Waals surface area contributed by atoms with Crippen LogP contribution in [0.25, 0.3) is 0 Å². The SMILES string of the molecule is CCN(CCO)c1ncc2c(n1)CCC(N)C2. The molecule has 0 saturated heterocycles. The minimum atomic E-state index is 0.124. The van der Waals surface area contributed by atoms with Gasteiger partial charge in [-0.3, -0.25) is 0 Å². The number of likely N-dealkylation sites (N-methyl/N-ethyl adjacent to an activating group) is 1. The Hall–Kier alpha value is -1.20. The van der Waals surface area contributed by atoms with Gasteiger partial charge in [0.05, 0.1) is 6.61 Å². The highest BCUT2D eigenvalue weighted by atomic mass is 16.3. The Morgan fingerprint density at radius 3 is 3.12 bits per heavy atom. The first-order valence-corrected chi connectivity index (χ1v) is 6.20. The van der Waals surface area contributed by atoms with Crippen LogP contribution in [-0.2, 0) is 12.8 Å². The molecule has 1 aromatic rings. The summed E-state index contributed by atoms with van der Waals surface area (Å²) in [6.45, 7) is 3.54. The fourth-order valence-corrected chi connectivity index (χ4v) is 2.20. The Kier molecular flexibility index (Phi) is 3.91. The van der Waals surface area contributed by atoms with Gasteiger partial charge < -0.3 is 15.7 Å².